The minimum absolute atomic E-state index is 0.355. The highest BCUT2D eigenvalue weighted by Gasteiger charge is 2.50. The number of hydrogen-bond donors (Lipinski definition) is 2. The first-order chi connectivity index (χ1) is 9.17. The molecule has 20 heavy (non-hydrogen) atoms. The number of hydrogen-bond acceptors (Lipinski definition) is 3. The lowest BCUT2D eigenvalue weighted by Gasteiger charge is -2.25. The largest absolute Gasteiger partial charge is 0.480 e. The molecule has 8 heteroatoms. The van der Waals surface area contributed by atoms with Crippen LogP contribution >= 0.6 is 0 Å². The number of rotatable bonds is 5. The minimum Gasteiger partial charge on any atom is -0.480 e. The molecule has 0 saturated heterocycles. The van der Waals surface area contributed by atoms with E-state index in [1.54, 1.807) is 0 Å². The second kappa shape index (κ2) is 4.78. The molecule has 0 bridgehead atoms. The molecule has 2 N–H and O–H groups in total. The van der Waals surface area contributed by atoms with Crippen molar-refractivity contribution in [1.29, 1.82) is 0 Å². The Morgan fingerprint density at radius 2 is 2.00 bits per heavy atom. The van der Waals surface area contributed by atoms with Gasteiger partial charge in [-0.2, -0.15) is 4.72 Å². The van der Waals surface area contributed by atoms with Gasteiger partial charge in [0.2, 0.25) is 10.0 Å². The lowest BCUT2D eigenvalue weighted by Crippen LogP contribution is -2.53. The van der Waals surface area contributed by atoms with Crippen LogP contribution in [0.4, 0.5) is 8.78 Å². The summed E-state index contributed by atoms with van der Waals surface area (Å²) in [5.41, 5.74) is -1.72. The lowest BCUT2D eigenvalue weighted by atomic mass is 9.98. The molecule has 1 aliphatic carbocycles. The third-order valence-electron chi connectivity index (χ3n) is 3.37. The Kier molecular flexibility index (Phi) is 3.55. The van der Waals surface area contributed by atoms with Crippen molar-refractivity contribution in [3.05, 3.63) is 29.8 Å². The van der Waals surface area contributed by atoms with Crippen molar-refractivity contribution in [2.45, 2.75) is 30.2 Å². The van der Waals surface area contributed by atoms with Gasteiger partial charge < -0.3 is 5.11 Å². The summed E-state index contributed by atoms with van der Waals surface area (Å²) in [5.74, 6) is -3.76. The summed E-state index contributed by atoms with van der Waals surface area (Å²) in [6.07, 6.45) is 1.13. The third-order valence-corrected chi connectivity index (χ3v) is 4.95. The Labute approximate surface area is 114 Å². The average Bonchev–Trinajstić information content (AvgIpc) is 3.15. The number of carboxylic acid groups (broad SMARTS) is 1. The molecule has 2 rings (SSSR count). The summed E-state index contributed by atoms with van der Waals surface area (Å²) in [7, 11) is -4.47. The normalized spacial score (nSPS) is 18.6. The molecule has 1 aliphatic rings. The molecule has 0 amide bonds. The van der Waals surface area contributed by atoms with Crippen LogP contribution in [0, 0.1) is 17.6 Å². The Morgan fingerprint density at radius 1 is 1.40 bits per heavy atom. The van der Waals surface area contributed by atoms with Gasteiger partial charge in [-0.3, -0.25) is 4.79 Å². The summed E-state index contributed by atoms with van der Waals surface area (Å²) in [6, 6.07) is 1.98. The van der Waals surface area contributed by atoms with Crippen LogP contribution in [0.15, 0.2) is 23.1 Å². The van der Waals surface area contributed by atoms with Crippen LogP contribution in [-0.2, 0) is 14.8 Å². The lowest BCUT2D eigenvalue weighted by molar-refractivity contribution is -0.144. The Hall–Kier alpha value is -1.54. The molecule has 1 aromatic rings. The number of aliphatic carboxylic acids is 1. The highest BCUT2D eigenvalue weighted by Crippen LogP contribution is 2.40. The molecule has 1 saturated carbocycles. The minimum atomic E-state index is -4.47. The smallest absolute Gasteiger partial charge is 0.324 e. The van der Waals surface area contributed by atoms with Gasteiger partial charge >= 0.3 is 5.97 Å². The van der Waals surface area contributed by atoms with Gasteiger partial charge in [-0.25, -0.2) is 17.2 Å². The molecular formula is C12H13F2NO4S. The molecular weight excluding hydrogens is 292 g/mol. The van der Waals surface area contributed by atoms with Crippen molar-refractivity contribution in [1.82, 2.24) is 4.72 Å². The van der Waals surface area contributed by atoms with Crippen LogP contribution < -0.4 is 4.72 Å². The highest BCUT2D eigenvalue weighted by atomic mass is 32.2. The van der Waals surface area contributed by atoms with E-state index in [0.717, 1.165) is 6.07 Å². The van der Waals surface area contributed by atoms with Crippen molar-refractivity contribution in [3.8, 4) is 0 Å². The summed E-state index contributed by atoms with van der Waals surface area (Å²) in [4.78, 5) is 10.4. The molecule has 110 valence electrons. The number of sulfonamides is 1. The summed E-state index contributed by atoms with van der Waals surface area (Å²) < 4.78 is 52.7. The quantitative estimate of drug-likeness (QED) is 0.863. The molecule has 0 radical (unpaired) electrons. The van der Waals surface area contributed by atoms with Gasteiger partial charge in [0.05, 0.1) is 0 Å². The van der Waals surface area contributed by atoms with Crippen LogP contribution in [0.2, 0.25) is 0 Å². The molecule has 1 aromatic carbocycles. The number of benzene rings is 1. The van der Waals surface area contributed by atoms with Crippen molar-refractivity contribution < 1.29 is 27.1 Å². The van der Waals surface area contributed by atoms with Gasteiger partial charge in [-0.05, 0) is 43.9 Å². The summed E-state index contributed by atoms with van der Waals surface area (Å²) in [6.45, 7) is 1.22. The SMILES string of the molecule is CC(NS(=O)(=O)c1cc(F)ccc1F)(C(=O)O)C1CC1. The van der Waals surface area contributed by atoms with E-state index in [-0.39, 0.29) is 5.92 Å². The zero-order valence-electron chi connectivity index (χ0n) is 10.6. The van der Waals surface area contributed by atoms with Gasteiger partial charge in [0.1, 0.15) is 22.1 Å². The van der Waals surface area contributed by atoms with Crippen molar-refractivity contribution in [3.63, 3.8) is 0 Å². The molecule has 5 nitrogen and oxygen atoms in total. The van der Waals surface area contributed by atoms with Crippen LogP contribution in [0.1, 0.15) is 19.8 Å². The van der Waals surface area contributed by atoms with Gasteiger partial charge in [0.25, 0.3) is 0 Å². The van der Waals surface area contributed by atoms with Gasteiger partial charge in [0.15, 0.2) is 0 Å². The first kappa shape index (κ1) is 14.9. The maximum atomic E-state index is 13.5. The molecule has 0 aromatic heterocycles. The number of carboxylic acids is 1. The maximum Gasteiger partial charge on any atom is 0.324 e. The van der Waals surface area contributed by atoms with E-state index in [4.69, 9.17) is 0 Å². The van der Waals surface area contributed by atoms with Crippen molar-refractivity contribution in [2.75, 3.05) is 0 Å². The monoisotopic (exact) mass is 305 g/mol. The molecule has 0 spiro atoms. The predicted octanol–water partition coefficient (Wildman–Crippen LogP) is 1.50. The predicted molar refractivity (Wildman–Crippen MR) is 65.4 cm³/mol. The fraction of sp³-hybridized carbons (Fsp3) is 0.417. The Bertz CT molecular complexity index is 657. The second-order valence-corrected chi connectivity index (χ2v) is 6.61. The number of carbonyl (C=O) groups is 1. The van der Waals surface area contributed by atoms with E-state index in [1.165, 1.54) is 6.92 Å². The van der Waals surface area contributed by atoms with E-state index in [9.17, 15) is 27.1 Å². The number of nitrogens with one attached hydrogen (secondary N) is 1. The van der Waals surface area contributed by atoms with Crippen LogP contribution in [-0.4, -0.2) is 25.0 Å². The zero-order valence-corrected chi connectivity index (χ0v) is 11.4. The first-order valence-electron chi connectivity index (χ1n) is 5.89. The molecule has 1 unspecified atom stereocenters. The topological polar surface area (TPSA) is 83.5 Å². The highest BCUT2D eigenvalue weighted by molar-refractivity contribution is 7.89. The summed E-state index contributed by atoms with van der Waals surface area (Å²) in [5, 5.41) is 9.18. The Morgan fingerprint density at radius 3 is 2.50 bits per heavy atom. The number of halogens is 2. The summed E-state index contributed by atoms with van der Waals surface area (Å²) >= 11 is 0. The maximum absolute atomic E-state index is 13.5. The van der Waals surface area contributed by atoms with Crippen molar-refractivity contribution in [2.24, 2.45) is 5.92 Å². The van der Waals surface area contributed by atoms with Gasteiger partial charge in [-0.1, -0.05) is 0 Å². The van der Waals surface area contributed by atoms with Gasteiger partial charge in [0, 0.05) is 0 Å². The molecule has 1 atom stereocenters. The van der Waals surface area contributed by atoms with Crippen molar-refractivity contribution >= 4 is 16.0 Å². The van der Waals surface area contributed by atoms with E-state index in [2.05, 4.69) is 0 Å². The molecule has 0 heterocycles. The third kappa shape index (κ3) is 2.66. The fourth-order valence-electron chi connectivity index (χ4n) is 1.98. The van der Waals surface area contributed by atoms with E-state index in [0.29, 0.717) is 25.0 Å². The zero-order chi connectivity index (χ0) is 15.1. The molecule has 1 fully saturated rings. The van der Waals surface area contributed by atoms with E-state index < -0.39 is 38.1 Å². The van der Waals surface area contributed by atoms with Crippen LogP contribution in [0.5, 0.6) is 0 Å². The van der Waals surface area contributed by atoms with E-state index in [1.807, 2.05) is 4.72 Å². The van der Waals surface area contributed by atoms with E-state index >= 15 is 0 Å². The van der Waals surface area contributed by atoms with Crippen LogP contribution in [0.3, 0.4) is 0 Å². The molecule has 0 aliphatic heterocycles. The van der Waals surface area contributed by atoms with Crippen LogP contribution in [0.25, 0.3) is 0 Å². The average molecular weight is 305 g/mol. The standard InChI is InChI=1S/C12H13F2NO4S/c1-12(11(16)17,7-2-3-7)15-20(18,19)10-6-8(13)4-5-9(10)14/h4-7,15H,2-3H2,1H3,(H,16,17). The second-order valence-electron chi connectivity index (χ2n) is 4.96. The fourth-order valence-corrected chi connectivity index (χ4v) is 3.49. The van der Waals surface area contributed by atoms with Gasteiger partial charge in [-0.15, -0.1) is 0 Å². The first-order valence-corrected chi connectivity index (χ1v) is 7.37. The Balaban J connectivity index is 2.40.